The minimum Gasteiger partial charge on any atom is -0.504 e. The van der Waals surface area contributed by atoms with Gasteiger partial charge in [-0.25, -0.2) is 14.2 Å². The Morgan fingerprint density at radius 2 is 2.33 bits per heavy atom. The monoisotopic (exact) mass is 211 g/mol. The quantitative estimate of drug-likeness (QED) is 0.611. The number of halogens is 1. The van der Waals surface area contributed by atoms with Crippen LogP contribution >= 0.6 is 0 Å². The Labute approximate surface area is 86.0 Å². The van der Waals surface area contributed by atoms with Crippen LogP contribution in [0.2, 0.25) is 0 Å². The molecule has 0 spiro atoms. The number of isocyanates is 1. The van der Waals surface area contributed by atoms with E-state index in [9.17, 15) is 14.3 Å². The van der Waals surface area contributed by atoms with Crippen LogP contribution in [0.3, 0.4) is 0 Å². The molecule has 0 saturated heterocycles. The lowest BCUT2D eigenvalue weighted by molar-refractivity contribution is 0.348. The second kappa shape index (κ2) is 4.57. The number of phenolic OH excluding ortho intramolecular Hbond substituents is 1. The normalized spacial score (nSPS) is 9.53. The summed E-state index contributed by atoms with van der Waals surface area (Å²) < 4.78 is 17.9. The number of ether oxygens (including phenoxy) is 1. The summed E-state index contributed by atoms with van der Waals surface area (Å²) in [7, 11) is 1.25. The summed E-state index contributed by atoms with van der Waals surface area (Å²) in [6.45, 7) is 1.57. The van der Waals surface area contributed by atoms with Gasteiger partial charge < -0.3 is 9.84 Å². The molecule has 0 radical (unpaired) electrons. The van der Waals surface area contributed by atoms with Gasteiger partial charge in [0.15, 0.2) is 17.3 Å². The van der Waals surface area contributed by atoms with Gasteiger partial charge in [-0.15, -0.1) is 0 Å². The molecule has 0 saturated carbocycles. The van der Waals surface area contributed by atoms with Crippen LogP contribution in [0.15, 0.2) is 11.1 Å². The summed E-state index contributed by atoms with van der Waals surface area (Å²) in [5, 5.41) is 9.62. The van der Waals surface area contributed by atoms with Crippen LogP contribution in [0.4, 0.5) is 4.39 Å². The van der Waals surface area contributed by atoms with Crippen molar-refractivity contribution in [3.05, 3.63) is 23.0 Å². The van der Waals surface area contributed by atoms with E-state index in [1.54, 1.807) is 6.92 Å². The van der Waals surface area contributed by atoms with Crippen molar-refractivity contribution in [2.45, 2.75) is 13.5 Å². The SMILES string of the molecule is COc1c(F)cc(C)c(CN=C=O)c1O. The van der Waals surface area contributed by atoms with Gasteiger partial charge in [-0.1, -0.05) is 0 Å². The molecule has 80 valence electrons. The zero-order valence-corrected chi connectivity index (χ0v) is 8.37. The molecule has 0 unspecified atom stereocenters. The Morgan fingerprint density at radius 1 is 1.67 bits per heavy atom. The van der Waals surface area contributed by atoms with E-state index in [0.29, 0.717) is 11.1 Å². The van der Waals surface area contributed by atoms with E-state index in [1.807, 2.05) is 0 Å². The smallest absolute Gasteiger partial charge is 0.235 e. The van der Waals surface area contributed by atoms with Gasteiger partial charge in [0.05, 0.1) is 13.7 Å². The Morgan fingerprint density at radius 3 is 2.87 bits per heavy atom. The number of benzene rings is 1. The van der Waals surface area contributed by atoms with Crippen molar-refractivity contribution in [2.75, 3.05) is 7.11 Å². The van der Waals surface area contributed by atoms with Crippen molar-refractivity contribution in [1.29, 1.82) is 0 Å². The number of methoxy groups -OCH3 is 1. The van der Waals surface area contributed by atoms with Crippen molar-refractivity contribution in [2.24, 2.45) is 4.99 Å². The average Bonchev–Trinajstić information content (AvgIpc) is 2.17. The Balaban J connectivity index is 3.31. The molecule has 0 bridgehead atoms. The first kappa shape index (κ1) is 11.2. The van der Waals surface area contributed by atoms with Crippen LogP contribution in [0.5, 0.6) is 11.5 Å². The van der Waals surface area contributed by atoms with Crippen molar-refractivity contribution >= 4 is 6.08 Å². The topological polar surface area (TPSA) is 58.9 Å². The molecular formula is C10H10FNO3. The molecule has 0 atom stereocenters. The van der Waals surface area contributed by atoms with Gasteiger partial charge in [0, 0.05) is 5.56 Å². The zero-order chi connectivity index (χ0) is 11.4. The first-order valence-corrected chi connectivity index (χ1v) is 4.20. The molecular weight excluding hydrogens is 201 g/mol. The number of carbonyl (C=O) groups excluding carboxylic acids is 1. The molecule has 0 amide bonds. The van der Waals surface area contributed by atoms with Gasteiger partial charge in [0.2, 0.25) is 6.08 Å². The van der Waals surface area contributed by atoms with Crippen LogP contribution in [0, 0.1) is 12.7 Å². The summed E-state index contributed by atoms with van der Waals surface area (Å²) in [6.07, 6.45) is 1.35. The summed E-state index contributed by atoms with van der Waals surface area (Å²) in [6, 6.07) is 1.22. The number of hydrogen-bond acceptors (Lipinski definition) is 4. The molecule has 0 aliphatic carbocycles. The van der Waals surface area contributed by atoms with Crippen molar-refractivity contribution < 1.29 is 19.0 Å². The van der Waals surface area contributed by atoms with Crippen LogP contribution in [0.1, 0.15) is 11.1 Å². The lowest BCUT2D eigenvalue weighted by Crippen LogP contribution is -1.96. The number of hydrogen-bond donors (Lipinski definition) is 1. The van der Waals surface area contributed by atoms with Gasteiger partial charge in [-0.3, -0.25) is 0 Å². The largest absolute Gasteiger partial charge is 0.504 e. The summed E-state index contributed by atoms with van der Waals surface area (Å²) >= 11 is 0. The minimum absolute atomic E-state index is 0.0438. The van der Waals surface area contributed by atoms with Crippen molar-refractivity contribution in [3.63, 3.8) is 0 Å². The summed E-state index contributed by atoms with van der Waals surface area (Å²) in [5.74, 6) is -1.21. The maximum absolute atomic E-state index is 13.2. The highest BCUT2D eigenvalue weighted by molar-refractivity contribution is 5.51. The molecule has 0 aliphatic heterocycles. The average molecular weight is 211 g/mol. The number of aliphatic imine (C=N–C) groups is 1. The molecule has 4 nitrogen and oxygen atoms in total. The third kappa shape index (κ3) is 2.14. The Bertz CT molecular complexity index is 425. The van der Waals surface area contributed by atoms with E-state index < -0.39 is 5.82 Å². The van der Waals surface area contributed by atoms with Gasteiger partial charge in [0.1, 0.15) is 0 Å². The number of rotatable bonds is 3. The minimum atomic E-state index is -0.647. The second-order valence-corrected chi connectivity index (χ2v) is 2.94. The van der Waals surface area contributed by atoms with Crippen LogP contribution in [-0.4, -0.2) is 18.3 Å². The fraction of sp³-hybridized carbons (Fsp3) is 0.300. The Kier molecular flexibility index (Phi) is 3.42. The van der Waals surface area contributed by atoms with Crippen LogP contribution < -0.4 is 4.74 Å². The molecule has 0 aliphatic rings. The standard InChI is InChI=1S/C10H10FNO3/c1-6-3-8(11)10(15-2)9(14)7(6)4-12-5-13/h3,14H,4H2,1-2H3. The molecule has 0 aromatic heterocycles. The fourth-order valence-corrected chi connectivity index (χ4v) is 1.28. The van der Waals surface area contributed by atoms with E-state index in [0.717, 1.165) is 0 Å². The molecule has 15 heavy (non-hydrogen) atoms. The number of aryl methyl sites for hydroxylation is 1. The van der Waals surface area contributed by atoms with Crippen LogP contribution in [0.25, 0.3) is 0 Å². The highest BCUT2D eigenvalue weighted by atomic mass is 19.1. The number of aromatic hydroxyl groups is 1. The second-order valence-electron chi connectivity index (χ2n) is 2.94. The Hall–Kier alpha value is -1.87. The molecule has 1 rings (SSSR count). The summed E-state index contributed by atoms with van der Waals surface area (Å²) in [4.78, 5) is 13.3. The molecule has 1 aromatic carbocycles. The highest BCUT2D eigenvalue weighted by Gasteiger charge is 2.15. The molecule has 0 heterocycles. The maximum Gasteiger partial charge on any atom is 0.235 e. The summed E-state index contributed by atoms with van der Waals surface area (Å²) in [5.41, 5.74) is 0.862. The predicted molar refractivity (Wildman–Crippen MR) is 51.2 cm³/mol. The first-order chi connectivity index (χ1) is 7.11. The van der Waals surface area contributed by atoms with Crippen molar-refractivity contribution in [3.8, 4) is 11.5 Å². The lowest BCUT2D eigenvalue weighted by atomic mass is 10.1. The third-order valence-corrected chi connectivity index (χ3v) is 2.04. The van der Waals surface area contributed by atoms with E-state index in [1.165, 1.54) is 19.3 Å². The zero-order valence-electron chi connectivity index (χ0n) is 8.37. The first-order valence-electron chi connectivity index (χ1n) is 4.20. The van der Waals surface area contributed by atoms with E-state index >= 15 is 0 Å². The lowest BCUT2D eigenvalue weighted by Gasteiger charge is -2.10. The predicted octanol–water partition coefficient (Wildman–Crippen LogP) is 1.68. The van der Waals surface area contributed by atoms with Gasteiger partial charge in [-0.2, -0.15) is 0 Å². The highest BCUT2D eigenvalue weighted by Crippen LogP contribution is 2.35. The van der Waals surface area contributed by atoms with Gasteiger partial charge in [-0.05, 0) is 18.6 Å². The number of nitrogens with zero attached hydrogens (tertiary/aromatic N) is 1. The molecule has 5 heteroatoms. The third-order valence-electron chi connectivity index (χ3n) is 2.04. The van der Waals surface area contributed by atoms with Crippen molar-refractivity contribution in [1.82, 2.24) is 0 Å². The van der Waals surface area contributed by atoms with E-state index in [-0.39, 0.29) is 18.0 Å². The molecule has 0 fully saturated rings. The van der Waals surface area contributed by atoms with E-state index in [2.05, 4.69) is 9.73 Å². The molecule has 1 N–H and O–H groups in total. The maximum atomic E-state index is 13.2. The fourth-order valence-electron chi connectivity index (χ4n) is 1.28. The number of phenols is 1. The molecule has 1 aromatic rings. The van der Waals surface area contributed by atoms with E-state index in [4.69, 9.17) is 0 Å². The van der Waals surface area contributed by atoms with Gasteiger partial charge >= 0.3 is 0 Å². The van der Waals surface area contributed by atoms with Gasteiger partial charge in [0.25, 0.3) is 0 Å². The van der Waals surface area contributed by atoms with Crippen LogP contribution in [-0.2, 0) is 11.3 Å².